The molecule has 9 nitrogen and oxygen atoms in total. The average Bonchev–Trinajstić information content (AvgIpc) is 3.13. The highest BCUT2D eigenvalue weighted by Crippen LogP contribution is 2.39. The van der Waals surface area contributed by atoms with Crippen molar-refractivity contribution >= 4 is 52.6 Å². The van der Waals surface area contributed by atoms with Gasteiger partial charge in [0.1, 0.15) is 6.04 Å². The lowest BCUT2D eigenvalue weighted by atomic mass is 9.99. The average molecular weight is 481 g/mol. The van der Waals surface area contributed by atoms with Crippen molar-refractivity contribution in [3.8, 4) is 0 Å². The van der Waals surface area contributed by atoms with E-state index in [4.69, 9.17) is 10.8 Å². The predicted octanol–water partition coefficient (Wildman–Crippen LogP) is 3.90. The number of amides is 1. The molecule has 1 aliphatic heterocycles. The molecule has 1 unspecified atom stereocenters. The lowest BCUT2D eigenvalue weighted by Crippen LogP contribution is -2.32. The summed E-state index contributed by atoms with van der Waals surface area (Å²) in [6, 6.07) is 19.4. The Balaban J connectivity index is 0.00000324. The fourth-order valence-electron chi connectivity index (χ4n) is 3.61. The van der Waals surface area contributed by atoms with Gasteiger partial charge in [0.25, 0.3) is 11.6 Å². The number of nitrogens with two attached hydrogens (primary N) is 1. The number of hydrogen-bond acceptors (Lipinski definition) is 6. The van der Waals surface area contributed by atoms with Crippen molar-refractivity contribution < 1.29 is 19.6 Å². The second-order valence-corrected chi connectivity index (χ2v) is 7.53. The highest BCUT2D eigenvalue weighted by molar-refractivity contribution is 6.37. The number of fused-ring (bicyclic) bond motifs is 1. The first-order valence-electron chi connectivity index (χ1n) is 10.1. The Labute approximate surface area is 200 Å². The van der Waals surface area contributed by atoms with Gasteiger partial charge in [-0.1, -0.05) is 42.5 Å². The molecule has 0 fully saturated rings. The zero-order valence-electron chi connectivity index (χ0n) is 17.7. The number of carbonyl (C=O) groups is 2. The maximum absolute atomic E-state index is 12.9. The van der Waals surface area contributed by atoms with Gasteiger partial charge in [-0.05, 0) is 35.7 Å². The molecular formula is C24H21ClN4O5. The Morgan fingerprint density at radius 3 is 2.38 bits per heavy atom. The molecule has 1 amide bonds. The third-order valence-corrected chi connectivity index (χ3v) is 5.27. The van der Waals surface area contributed by atoms with Crippen molar-refractivity contribution in [1.82, 2.24) is 0 Å². The Morgan fingerprint density at radius 1 is 1.09 bits per heavy atom. The molecule has 0 aromatic heterocycles. The molecule has 0 aliphatic carbocycles. The van der Waals surface area contributed by atoms with Crippen molar-refractivity contribution in [2.45, 2.75) is 12.5 Å². The number of nitro groups is 1. The number of aliphatic carboxylic acids is 1. The molecule has 0 saturated carbocycles. The maximum atomic E-state index is 12.9. The predicted molar refractivity (Wildman–Crippen MR) is 132 cm³/mol. The van der Waals surface area contributed by atoms with Crippen LogP contribution in [0.25, 0.3) is 11.3 Å². The minimum absolute atomic E-state index is 0. The number of nitrogens with one attached hydrogen (secondary N) is 2. The first-order chi connectivity index (χ1) is 15.8. The number of rotatable bonds is 7. The normalized spacial score (nSPS) is 14.3. The summed E-state index contributed by atoms with van der Waals surface area (Å²) in [6.07, 6.45) is 0.182. The summed E-state index contributed by atoms with van der Waals surface area (Å²) < 4.78 is 0. The molecule has 0 radical (unpaired) electrons. The molecule has 174 valence electrons. The van der Waals surface area contributed by atoms with Crippen molar-refractivity contribution in [2.75, 3.05) is 10.6 Å². The van der Waals surface area contributed by atoms with Gasteiger partial charge in [0.2, 0.25) is 0 Å². The highest BCUT2D eigenvalue weighted by atomic mass is 35.5. The van der Waals surface area contributed by atoms with E-state index < -0.39 is 16.9 Å². The number of carboxylic acid groups (broad SMARTS) is 1. The van der Waals surface area contributed by atoms with E-state index in [9.17, 15) is 19.7 Å². The van der Waals surface area contributed by atoms with Crippen LogP contribution < -0.4 is 16.4 Å². The lowest BCUT2D eigenvalue weighted by Gasteiger charge is -2.15. The molecule has 10 heteroatoms. The van der Waals surface area contributed by atoms with Gasteiger partial charge in [-0.3, -0.25) is 19.7 Å². The van der Waals surface area contributed by atoms with E-state index in [1.54, 1.807) is 24.3 Å². The van der Waals surface area contributed by atoms with E-state index in [1.807, 2.05) is 30.3 Å². The Morgan fingerprint density at radius 2 is 1.76 bits per heavy atom. The number of carboxylic acids is 1. The Hall–Kier alpha value is -4.21. The fourth-order valence-corrected chi connectivity index (χ4v) is 3.61. The minimum atomic E-state index is -1.08. The summed E-state index contributed by atoms with van der Waals surface area (Å²) in [4.78, 5) is 34.7. The largest absolute Gasteiger partial charge is 0.480 e. The van der Waals surface area contributed by atoms with Crippen LogP contribution in [-0.2, 0) is 16.0 Å². The van der Waals surface area contributed by atoms with Gasteiger partial charge in [-0.15, -0.1) is 12.4 Å². The minimum Gasteiger partial charge on any atom is -0.480 e. The van der Waals surface area contributed by atoms with E-state index in [0.29, 0.717) is 22.6 Å². The van der Waals surface area contributed by atoms with Crippen LogP contribution in [0.15, 0.2) is 72.8 Å². The van der Waals surface area contributed by atoms with E-state index in [2.05, 4.69) is 10.6 Å². The van der Waals surface area contributed by atoms with Crippen molar-refractivity contribution in [3.63, 3.8) is 0 Å². The van der Waals surface area contributed by atoms with Crippen molar-refractivity contribution in [1.29, 1.82) is 0 Å². The smallest absolute Gasteiger partial charge is 0.320 e. The van der Waals surface area contributed by atoms with Crippen LogP contribution in [0.1, 0.15) is 16.7 Å². The standard InChI is InChI=1S/C24H20N4O5.ClH/c25-19(24(30)31)12-14-6-8-16(9-7-14)26-22(15-4-2-1-3-5-15)21-18-13-17(28(32)33)10-11-20(18)27-23(21)29;/h1-11,13,19,26H,12,25H2,(H,27,29)(H,30,31);1H. The molecule has 4 rings (SSSR count). The zero-order valence-corrected chi connectivity index (χ0v) is 18.5. The van der Waals surface area contributed by atoms with Crippen LogP contribution in [0, 0.1) is 10.1 Å². The summed E-state index contributed by atoms with van der Waals surface area (Å²) in [5.74, 6) is -1.45. The Bertz CT molecular complexity index is 1280. The third-order valence-electron chi connectivity index (χ3n) is 5.27. The summed E-state index contributed by atoms with van der Waals surface area (Å²) in [7, 11) is 0. The first-order valence-corrected chi connectivity index (χ1v) is 10.1. The number of halogens is 1. The van der Waals surface area contributed by atoms with Crippen LogP contribution in [0.3, 0.4) is 0 Å². The van der Waals surface area contributed by atoms with E-state index in [-0.39, 0.29) is 36.0 Å². The number of nitro benzene ring substituents is 1. The van der Waals surface area contributed by atoms with E-state index >= 15 is 0 Å². The summed E-state index contributed by atoms with van der Waals surface area (Å²) in [6.45, 7) is 0. The second kappa shape index (κ2) is 10.2. The van der Waals surface area contributed by atoms with E-state index in [0.717, 1.165) is 11.1 Å². The van der Waals surface area contributed by atoms with Crippen molar-refractivity contribution in [2.24, 2.45) is 5.73 Å². The summed E-state index contributed by atoms with van der Waals surface area (Å²) in [5, 5.41) is 26.3. The summed E-state index contributed by atoms with van der Waals surface area (Å²) >= 11 is 0. The monoisotopic (exact) mass is 480 g/mol. The number of non-ortho nitro benzene ring substituents is 1. The first kappa shape index (κ1) is 24.4. The number of nitrogens with zero attached hydrogens (tertiary/aromatic N) is 1. The maximum Gasteiger partial charge on any atom is 0.320 e. The number of anilines is 2. The third kappa shape index (κ3) is 5.06. The van der Waals surface area contributed by atoms with Gasteiger partial charge in [-0.25, -0.2) is 0 Å². The van der Waals surface area contributed by atoms with Crippen LogP contribution in [0.5, 0.6) is 0 Å². The van der Waals surface area contributed by atoms with Crippen LogP contribution in [0.4, 0.5) is 17.1 Å². The quantitative estimate of drug-likeness (QED) is 0.227. The highest BCUT2D eigenvalue weighted by Gasteiger charge is 2.30. The molecule has 1 atom stereocenters. The van der Waals surface area contributed by atoms with Crippen LogP contribution >= 0.6 is 12.4 Å². The fraction of sp³-hybridized carbons (Fsp3) is 0.0833. The van der Waals surface area contributed by atoms with Gasteiger partial charge in [0, 0.05) is 29.1 Å². The summed E-state index contributed by atoms with van der Waals surface area (Å²) in [5.41, 5.74) is 9.32. The molecular weight excluding hydrogens is 460 g/mol. The second-order valence-electron chi connectivity index (χ2n) is 7.53. The molecule has 3 aromatic carbocycles. The van der Waals surface area contributed by atoms with Gasteiger partial charge < -0.3 is 21.5 Å². The van der Waals surface area contributed by atoms with Gasteiger partial charge >= 0.3 is 5.97 Å². The molecule has 1 heterocycles. The van der Waals surface area contributed by atoms with Gasteiger partial charge in [-0.2, -0.15) is 0 Å². The molecule has 3 aromatic rings. The molecule has 0 bridgehead atoms. The van der Waals surface area contributed by atoms with E-state index in [1.165, 1.54) is 18.2 Å². The van der Waals surface area contributed by atoms with Gasteiger partial charge in [0.15, 0.2) is 0 Å². The van der Waals surface area contributed by atoms with Crippen LogP contribution in [-0.4, -0.2) is 27.9 Å². The molecule has 1 aliphatic rings. The topological polar surface area (TPSA) is 148 Å². The molecule has 0 spiro atoms. The molecule has 34 heavy (non-hydrogen) atoms. The zero-order chi connectivity index (χ0) is 23.5. The molecule has 0 saturated heterocycles. The SMILES string of the molecule is Cl.NC(Cc1ccc(NC(=C2C(=O)Nc3ccc([N+](=O)[O-])cc32)c2ccccc2)cc1)C(=O)O. The van der Waals surface area contributed by atoms with Crippen molar-refractivity contribution in [3.05, 3.63) is 99.6 Å². The Kier molecular flexibility index (Phi) is 7.30. The molecule has 5 N–H and O–H groups in total. The van der Waals surface area contributed by atoms with Gasteiger partial charge in [0.05, 0.1) is 16.2 Å². The number of benzene rings is 3. The number of carbonyl (C=O) groups excluding carboxylic acids is 1. The lowest BCUT2D eigenvalue weighted by molar-refractivity contribution is -0.384. The number of hydrogen-bond donors (Lipinski definition) is 4. The van der Waals surface area contributed by atoms with Crippen LogP contribution in [0.2, 0.25) is 0 Å².